The molecule has 1 N–H and O–H groups in total. The SMILES string of the molecule is Cc1nn(-c2ccccc2)c2sc(C(=O)NCCOC(=O)c3ccc(-c4ccccc4)cc3)cc12. The van der Waals surface area contributed by atoms with Gasteiger partial charge in [0.15, 0.2) is 0 Å². The number of aromatic nitrogens is 2. The van der Waals surface area contributed by atoms with Crippen molar-refractivity contribution in [2.75, 3.05) is 13.2 Å². The summed E-state index contributed by atoms with van der Waals surface area (Å²) < 4.78 is 7.19. The average Bonchev–Trinajstić information content (AvgIpc) is 3.48. The van der Waals surface area contributed by atoms with Crippen LogP contribution in [0.5, 0.6) is 0 Å². The van der Waals surface area contributed by atoms with Gasteiger partial charge in [0.25, 0.3) is 5.91 Å². The third kappa shape index (κ3) is 4.85. The van der Waals surface area contributed by atoms with Crippen molar-refractivity contribution in [3.05, 3.63) is 107 Å². The zero-order valence-electron chi connectivity index (χ0n) is 19.1. The van der Waals surface area contributed by atoms with Crippen molar-refractivity contribution in [3.63, 3.8) is 0 Å². The summed E-state index contributed by atoms with van der Waals surface area (Å²) in [5.41, 5.74) is 4.40. The lowest BCUT2D eigenvalue weighted by Gasteiger charge is -2.07. The van der Waals surface area contributed by atoms with Crippen molar-refractivity contribution < 1.29 is 14.3 Å². The van der Waals surface area contributed by atoms with E-state index in [1.807, 2.05) is 90.5 Å². The molecule has 0 saturated carbocycles. The van der Waals surface area contributed by atoms with Crippen LogP contribution in [0.3, 0.4) is 0 Å². The normalized spacial score (nSPS) is 10.9. The molecule has 0 unspecified atom stereocenters. The third-order valence-electron chi connectivity index (χ3n) is 5.62. The fraction of sp³-hybridized carbons (Fsp3) is 0.107. The number of para-hydroxylation sites is 1. The number of nitrogens with one attached hydrogen (secondary N) is 1. The summed E-state index contributed by atoms with van der Waals surface area (Å²) in [5.74, 6) is -0.618. The van der Waals surface area contributed by atoms with Crippen LogP contribution >= 0.6 is 11.3 Å². The van der Waals surface area contributed by atoms with E-state index < -0.39 is 5.97 Å². The van der Waals surface area contributed by atoms with E-state index in [1.165, 1.54) is 11.3 Å². The predicted octanol–water partition coefficient (Wildman–Crippen LogP) is 5.65. The summed E-state index contributed by atoms with van der Waals surface area (Å²) in [6.45, 7) is 2.25. The number of hydrogen-bond acceptors (Lipinski definition) is 5. The number of nitrogens with zero attached hydrogens (tertiary/aromatic N) is 2. The first-order valence-electron chi connectivity index (χ1n) is 11.3. The highest BCUT2D eigenvalue weighted by atomic mass is 32.1. The van der Waals surface area contributed by atoms with Crippen LogP contribution in [0.25, 0.3) is 27.0 Å². The fourth-order valence-corrected chi connectivity index (χ4v) is 4.91. The zero-order valence-corrected chi connectivity index (χ0v) is 19.9. The second kappa shape index (κ2) is 9.95. The number of rotatable bonds is 7. The molecule has 6 nitrogen and oxygen atoms in total. The standard InChI is InChI=1S/C28H23N3O3S/c1-19-24-18-25(35-27(24)31(30-19)23-10-6-3-7-11-23)26(32)29-16-17-34-28(33)22-14-12-21(13-15-22)20-8-4-2-5-9-20/h2-15,18H,16-17H2,1H3,(H,29,32). The lowest BCUT2D eigenvalue weighted by molar-refractivity contribution is 0.0503. The molecule has 174 valence electrons. The van der Waals surface area contributed by atoms with Crippen molar-refractivity contribution in [1.82, 2.24) is 15.1 Å². The Labute approximate surface area is 206 Å². The number of aryl methyl sites for hydroxylation is 1. The van der Waals surface area contributed by atoms with Gasteiger partial charge in [0.2, 0.25) is 0 Å². The number of carbonyl (C=O) groups is 2. The topological polar surface area (TPSA) is 73.2 Å². The van der Waals surface area contributed by atoms with Gasteiger partial charge < -0.3 is 10.1 Å². The molecule has 0 fully saturated rings. The number of ether oxygens (including phenoxy) is 1. The van der Waals surface area contributed by atoms with Crippen LogP contribution < -0.4 is 5.32 Å². The monoisotopic (exact) mass is 481 g/mol. The van der Waals surface area contributed by atoms with Crippen LogP contribution in [-0.2, 0) is 4.74 Å². The van der Waals surface area contributed by atoms with E-state index in [0.29, 0.717) is 10.4 Å². The number of amides is 1. The molecule has 0 aliphatic carbocycles. The van der Waals surface area contributed by atoms with Gasteiger partial charge in [-0.05, 0) is 48.4 Å². The molecule has 0 atom stereocenters. The summed E-state index contributed by atoms with van der Waals surface area (Å²) in [7, 11) is 0. The fourth-order valence-electron chi connectivity index (χ4n) is 3.81. The molecule has 0 bridgehead atoms. The second-order valence-corrected chi connectivity index (χ2v) is 9.03. The van der Waals surface area contributed by atoms with Crippen molar-refractivity contribution >= 4 is 33.4 Å². The number of thiophene rings is 1. The molecule has 0 aliphatic rings. The molecule has 0 aliphatic heterocycles. The van der Waals surface area contributed by atoms with Crippen LogP contribution in [0.15, 0.2) is 91.0 Å². The van der Waals surface area contributed by atoms with Gasteiger partial charge >= 0.3 is 5.97 Å². The molecule has 5 aromatic rings. The van der Waals surface area contributed by atoms with Crippen LogP contribution in [0.4, 0.5) is 0 Å². The van der Waals surface area contributed by atoms with Crippen molar-refractivity contribution in [2.24, 2.45) is 0 Å². The van der Waals surface area contributed by atoms with Gasteiger partial charge in [0.05, 0.1) is 28.4 Å². The maximum atomic E-state index is 12.7. The van der Waals surface area contributed by atoms with Crippen LogP contribution in [0.1, 0.15) is 25.7 Å². The predicted molar refractivity (Wildman–Crippen MR) is 138 cm³/mol. The molecule has 0 saturated heterocycles. The Hall–Kier alpha value is -4.23. The molecule has 3 aromatic carbocycles. The Morgan fingerprint density at radius 1 is 0.914 bits per heavy atom. The van der Waals surface area contributed by atoms with E-state index in [9.17, 15) is 9.59 Å². The summed E-state index contributed by atoms with van der Waals surface area (Å²) >= 11 is 1.39. The van der Waals surface area contributed by atoms with Gasteiger partial charge in [-0.2, -0.15) is 5.10 Å². The summed E-state index contributed by atoms with van der Waals surface area (Å²) in [4.78, 5) is 26.6. The van der Waals surface area contributed by atoms with Crippen molar-refractivity contribution in [1.29, 1.82) is 0 Å². The Morgan fingerprint density at radius 3 is 2.29 bits per heavy atom. The van der Waals surface area contributed by atoms with Crippen molar-refractivity contribution in [3.8, 4) is 16.8 Å². The van der Waals surface area contributed by atoms with Gasteiger partial charge in [-0.15, -0.1) is 11.3 Å². The highest BCUT2D eigenvalue weighted by Crippen LogP contribution is 2.30. The van der Waals surface area contributed by atoms with Gasteiger partial charge in [-0.1, -0.05) is 60.7 Å². The number of benzene rings is 3. The molecule has 1 amide bonds. The Bertz CT molecular complexity index is 1470. The molecular formula is C28H23N3O3S. The summed E-state index contributed by atoms with van der Waals surface area (Å²) in [6, 6.07) is 28.9. The van der Waals surface area contributed by atoms with Crippen LogP contribution in [0.2, 0.25) is 0 Å². The molecule has 2 aromatic heterocycles. The minimum absolute atomic E-state index is 0.0900. The highest BCUT2D eigenvalue weighted by Gasteiger charge is 2.17. The van der Waals surface area contributed by atoms with E-state index in [4.69, 9.17) is 4.74 Å². The maximum Gasteiger partial charge on any atom is 0.338 e. The first kappa shape index (κ1) is 22.6. The van der Waals surface area contributed by atoms with Gasteiger partial charge in [0, 0.05) is 5.39 Å². The lowest BCUT2D eigenvalue weighted by atomic mass is 10.0. The van der Waals surface area contributed by atoms with E-state index in [0.717, 1.165) is 32.7 Å². The molecule has 0 radical (unpaired) electrons. The quantitative estimate of drug-likeness (QED) is 0.241. The second-order valence-electron chi connectivity index (χ2n) is 8.00. The molecule has 7 heteroatoms. The first-order valence-corrected chi connectivity index (χ1v) is 12.1. The van der Waals surface area contributed by atoms with E-state index >= 15 is 0 Å². The van der Waals surface area contributed by atoms with E-state index in [1.54, 1.807) is 12.1 Å². The zero-order chi connectivity index (χ0) is 24.2. The molecule has 35 heavy (non-hydrogen) atoms. The number of esters is 1. The molecular weight excluding hydrogens is 458 g/mol. The highest BCUT2D eigenvalue weighted by molar-refractivity contribution is 7.20. The Balaban J connectivity index is 1.16. The number of fused-ring (bicyclic) bond motifs is 1. The summed E-state index contributed by atoms with van der Waals surface area (Å²) in [6.07, 6.45) is 0. The van der Waals surface area contributed by atoms with Crippen molar-refractivity contribution in [2.45, 2.75) is 6.92 Å². The van der Waals surface area contributed by atoms with Gasteiger partial charge in [-0.25, -0.2) is 9.48 Å². The van der Waals surface area contributed by atoms with Crippen LogP contribution in [-0.4, -0.2) is 34.8 Å². The third-order valence-corrected chi connectivity index (χ3v) is 6.73. The first-order chi connectivity index (χ1) is 17.1. The lowest BCUT2D eigenvalue weighted by Crippen LogP contribution is -2.27. The molecule has 2 heterocycles. The maximum absolute atomic E-state index is 12.7. The Morgan fingerprint density at radius 2 is 1.57 bits per heavy atom. The average molecular weight is 482 g/mol. The number of hydrogen-bond donors (Lipinski definition) is 1. The van der Waals surface area contributed by atoms with Gasteiger partial charge in [-0.3, -0.25) is 4.79 Å². The van der Waals surface area contributed by atoms with E-state index in [2.05, 4.69) is 10.4 Å². The van der Waals surface area contributed by atoms with E-state index in [-0.39, 0.29) is 19.1 Å². The molecule has 5 rings (SSSR count). The minimum atomic E-state index is -0.417. The van der Waals surface area contributed by atoms with Crippen LogP contribution in [0, 0.1) is 6.92 Å². The Kier molecular flexibility index (Phi) is 6.41. The molecule has 0 spiro atoms. The minimum Gasteiger partial charge on any atom is -0.460 e. The smallest absolute Gasteiger partial charge is 0.338 e. The van der Waals surface area contributed by atoms with Gasteiger partial charge in [0.1, 0.15) is 11.4 Å². The number of carbonyl (C=O) groups excluding carboxylic acids is 2. The largest absolute Gasteiger partial charge is 0.460 e. The summed E-state index contributed by atoms with van der Waals surface area (Å²) in [5, 5.41) is 8.39.